The predicted molar refractivity (Wildman–Crippen MR) is 124 cm³/mol. The summed E-state index contributed by atoms with van der Waals surface area (Å²) in [6, 6.07) is 20.6. The van der Waals surface area contributed by atoms with Crippen molar-refractivity contribution in [2.24, 2.45) is 0 Å². The van der Waals surface area contributed by atoms with Crippen molar-refractivity contribution >= 4 is 38.4 Å². The Morgan fingerprint density at radius 1 is 0.906 bits per heavy atom. The van der Waals surface area contributed by atoms with Crippen molar-refractivity contribution in [3.8, 4) is 5.75 Å². The third-order valence-electron chi connectivity index (χ3n) is 4.81. The average Bonchev–Trinajstić information content (AvgIpc) is 2.81. The lowest BCUT2D eigenvalue weighted by molar-refractivity contribution is 0.299. The van der Waals surface area contributed by atoms with Gasteiger partial charge in [-0.2, -0.15) is 0 Å². The highest BCUT2D eigenvalue weighted by molar-refractivity contribution is 7.92. The molecule has 9 heteroatoms. The van der Waals surface area contributed by atoms with Gasteiger partial charge in [0, 0.05) is 18.4 Å². The number of aliphatic hydroxyl groups excluding tert-OH is 1. The summed E-state index contributed by atoms with van der Waals surface area (Å²) in [5.74, 6) is 0.898. The van der Waals surface area contributed by atoms with E-state index in [1.807, 2.05) is 12.1 Å². The molecule has 0 bridgehead atoms. The van der Waals surface area contributed by atoms with Crippen molar-refractivity contribution in [3.05, 3.63) is 78.4 Å². The van der Waals surface area contributed by atoms with E-state index < -0.39 is 10.0 Å². The van der Waals surface area contributed by atoms with Gasteiger partial charge in [0.25, 0.3) is 10.0 Å². The van der Waals surface area contributed by atoms with E-state index in [4.69, 9.17) is 4.74 Å². The van der Waals surface area contributed by atoms with Gasteiger partial charge in [0.05, 0.1) is 23.0 Å². The average molecular weight is 451 g/mol. The summed E-state index contributed by atoms with van der Waals surface area (Å²) in [7, 11) is -2.33. The number of para-hydroxylation sites is 2. The van der Waals surface area contributed by atoms with Gasteiger partial charge in [0.1, 0.15) is 5.75 Å². The zero-order valence-corrected chi connectivity index (χ0v) is 18.1. The van der Waals surface area contributed by atoms with Crippen LogP contribution < -0.4 is 14.8 Å². The van der Waals surface area contributed by atoms with Gasteiger partial charge in [0.2, 0.25) is 0 Å². The molecule has 0 fully saturated rings. The van der Waals surface area contributed by atoms with Crippen molar-refractivity contribution in [1.29, 1.82) is 0 Å². The van der Waals surface area contributed by atoms with E-state index in [-0.39, 0.29) is 23.1 Å². The second-order valence-electron chi connectivity index (χ2n) is 6.95. The van der Waals surface area contributed by atoms with Crippen molar-refractivity contribution in [2.45, 2.75) is 11.3 Å². The highest BCUT2D eigenvalue weighted by atomic mass is 32.2. The van der Waals surface area contributed by atoms with Gasteiger partial charge < -0.3 is 15.2 Å². The third kappa shape index (κ3) is 4.63. The second-order valence-corrected chi connectivity index (χ2v) is 8.63. The molecule has 164 valence electrons. The first kappa shape index (κ1) is 21.5. The summed E-state index contributed by atoms with van der Waals surface area (Å²) >= 11 is 0. The minimum absolute atomic E-state index is 0.0437. The molecular formula is C23H22N4O4S. The maximum atomic E-state index is 13.0. The minimum atomic E-state index is -3.89. The lowest BCUT2D eigenvalue weighted by atomic mass is 10.1. The van der Waals surface area contributed by atoms with Gasteiger partial charge in [-0.05, 0) is 42.3 Å². The predicted octanol–water partition coefficient (Wildman–Crippen LogP) is 3.72. The molecule has 8 nitrogen and oxygen atoms in total. The molecule has 0 spiro atoms. The number of ether oxygens (including phenoxy) is 1. The van der Waals surface area contributed by atoms with Crippen LogP contribution in [0.15, 0.2) is 77.7 Å². The first-order chi connectivity index (χ1) is 15.5. The smallest absolute Gasteiger partial charge is 0.263 e. The molecule has 0 aliphatic carbocycles. The molecule has 3 N–H and O–H groups in total. The number of aromatic nitrogens is 2. The van der Waals surface area contributed by atoms with Crippen LogP contribution in [-0.4, -0.2) is 37.2 Å². The largest absolute Gasteiger partial charge is 0.497 e. The third-order valence-corrected chi connectivity index (χ3v) is 6.16. The number of benzene rings is 3. The number of anilines is 3. The quantitative estimate of drug-likeness (QED) is 0.375. The number of nitrogens with one attached hydrogen (secondary N) is 2. The van der Waals surface area contributed by atoms with Crippen LogP contribution in [0, 0.1) is 0 Å². The molecule has 0 atom stereocenters. The maximum Gasteiger partial charge on any atom is 0.263 e. The van der Waals surface area contributed by atoms with Crippen LogP contribution in [0.1, 0.15) is 5.56 Å². The number of methoxy groups -OCH3 is 1. The molecule has 0 saturated heterocycles. The highest BCUT2D eigenvalue weighted by Gasteiger charge is 2.19. The van der Waals surface area contributed by atoms with E-state index >= 15 is 0 Å². The van der Waals surface area contributed by atoms with Crippen LogP contribution in [0.2, 0.25) is 0 Å². The lowest BCUT2D eigenvalue weighted by Crippen LogP contribution is -2.16. The van der Waals surface area contributed by atoms with Crippen molar-refractivity contribution in [1.82, 2.24) is 9.97 Å². The summed E-state index contributed by atoms with van der Waals surface area (Å²) in [6.45, 7) is -0.0437. The van der Waals surface area contributed by atoms with Crippen LogP contribution in [0.25, 0.3) is 11.0 Å². The molecule has 1 heterocycles. The molecule has 4 aromatic rings. The fraction of sp³-hybridized carbons (Fsp3) is 0.130. The summed E-state index contributed by atoms with van der Waals surface area (Å²) in [5, 5.41) is 12.6. The van der Waals surface area contributed by atoms with E-state index in [1.54, 1.807) is 55.6 Å². The number of aliphatic hydroxyl groups is 1. The Kier molecular flexibility index (Phi) is 6.20. The number of rotatable bonds is 8. The van der Waals surface area contributed by atoms with Gasteiger partial charge in [-0.15, -0.1) is 0 Å². The first-order valence-corrected chi connectivity index (χ1v) is 11.4. The van der Waals surface area contributed by atoms with E-state index in [2.05, 4.69) is 20.0 Å². The number of hydrogen-bond acceptors (Lipinski definition) is 7. The van der Waals surface area contributed by atoms with Crippen LogP contribution in [0.3, 0.4) is 0 Å². The molecule has 32 heavy (non-hydrogen) atoms. The molecule has 0 aliphatic rings. The topological polar surface area (TPSA) is 113 Å². The molecule has 0 saturated carbocycles. The van der Waals surface area contributed by atoms with E-state index in [0.717, 1.165) is 5.56 Å². The van der Waals surface area contributed by atoms with Gasteiger partial charge in [0.15, 0.2) is 11.6 Å². The molecule has 1 aromatic heterocycles. The number of nitrogens with zero attached hydrogens (tertiary/aromatic N) is 2. The molecule has 0 amide bonds. The number of fused-ring (bicyclic) bond motifs is 1. The van der Waals surface area contributed by atoms with Gasteiger partial charge >= 0.3 is 0 Å². The zero-order valence-electron chi connectivity index (χ0n) is 17.3. The second kappa shape index (κ2) is 9.21. The SMILES string of the molecule is COc1ccc(CCO)c(Nc2nc3ccccc3nc2NS(=O)(=O)c2ccccc2)c1. The maximum absolute atomic E-state index is 13.0. The minimum Gasteiger partial charge on any atom is -0.497 e. The molecule has 0 radical (unpaired) electrons. The molecule has 4 rings (SSSR count). The Morgan fingerprint density at radius 3 is 2.22 bits per heavy atom. The van der Waals surface area contributed by atoms with Crippen LogP contribution in [0.4, 0.5) is 17.3 Å². The standard InChI is InChI=1S/C23H22N4O4S/c1-31-17-12-11-16(13-14-28)21(15-17)26-22-23(25-20-10-6-5-9-19(20)24-22)27-32(29,30)18-7-3-2-4-8-18/h2-12,15,28H,13-14H2,1H3,(H,24,26)(H,25,27). The fourth-order valence-corrected chi connectivity index (χ4v) is 4.24. The van der Waals surface area contributed by atoms with Gasteiger partial charge in [-0.25, -0.2) is 18.4 Å². The number of sulfonamides is 1. The van der Waals surface area contributed by atoms with Gasteiger partial charge in [-0.1, -0.05) is 36.4 Å². The zero-order chi connectivity index (χ0) is 22.6. The normalized spacial score (nSPS) is 11.3. The monoisotopic (exact) mass is 450 g/mol. The van der Waals surface area contributed by atoms with Crippen molar-refractivity contribution in [3.63, 3.8) is 0 Å². The molecule has 0 unspecified atom stereocenters. The summed E-state index contributed by atoms with van der Waals surface area (Å²) in [5.41, 5.74) is 2.59. The van der Waals surface area contributed by atoms with E-state index in [0.29, 0.717) is 28.9 Å². The summed E-state index contributed by atoms with van der Waals surface area (Å²) < 4.78 is 33.8. The summed E-state index contributed by atoms with van der Waals surface area (Å²) in [6.07, 6.45) is 0.401. The Hall–Kier alpha value is -3.69. The fourth-order valence-electron chi connectivity index (χ4n) is 3.21. The Morgan fingerprint density at radius 2 is 1.56 bits per heavy atom. The van der Waals surface area contributed by atoms with Crippen LogP contribution in [0.5, 0.6) is 5.75 Å². The van der Waals surface area contributed by atoms with Gasteiger partial charge in [-0.3, -0.25) is 4.72 Å². The Bertz CT molecular complexity index is 1340. The van der Waals surface area contributed by atoms with Crippen molar-refractivity contribution in [2.75, 3.05) is 23.8 Å². The Labute approximate surface area is 186 Å². The van der Waals surface area contributed by atoms with Crippen molar-refractivity contribution < 1.29 is 18.3 Å². The van der Waals surface area contributed by atoms with Crippen LogP contribution in [-0.2, 0) is 16.4 Å². The molecule has 3 aromatic carbocycles. The lowest BCUT2D eigenvalue weighted by Gasteiger charge is -2.16. The highest BCUT2D eigenvalue weighted by Crippen LogP contribution is 2.30. The molecule has 0 aliphatic heterocycles. The number of hydrogen-bond donors (Lipinski definition) is 3. The summed E-state index contributed by atoms with van der Waals surface area (Å²) in [4.78, 5) is 9.22. The van der Waals surface area contributed by atoms with E-state index in [1.165, 1.54) is 12.1 Å². The van der Waals surface area contributed by atoms with E-state index in [9.17, 15) is 13.5 Å². The van der Waals surface area contributed by atoms with Crippen LogP contribution >= 0.6 is 0 Å². The Balaban J connectivity index is 1.81. The first-order valence-electron chi connectivity index (χ1n) is 9.89. The molecular weight excluding hydrogens is 428 g/mol.